The monoisotopic (exact) mass is 361 g/mol. The highest BCUT2D eigenvalue weighted by molar-refractivity contribution is 9.10. The van der Waals surface area contributed by atoms with E-state index in [0.29, 0.717) is 12.6 Å². The van der Waals surface area contributed by atoms with Gasteiger partial charge in [-0.2, -0.15) is 0 Å². The van der Waals surface area contributed by atoms with Crippen LogP contribution >= 0.6 is 15.9 Å². The van der Waals surface area contributed by atoms with Crippen molar-refractivity contribution in [3.8, 4) is 0 Å². The Labute approximate surface area is 138 Å². The first-order valence-corrected chi connectivity index (χ1v) is 8.19. The van der Waals surface area contributed by atoms with Gasteiger partial charge in [0.05, 0.1) is 6.42 Å². The van der Waals surface area contributed by atoms with Crippen molar-refractivity contribution in [3.05, 3.63) is 69.9 Å². The molecule has 4 heteroatoms. The summed E-state index contributed by atoms with van der Waals surface area (Å²) in [5.41, 5.74) is 1.83. The molecule has 3 rings (SSSR count). The van der Waals surface area contributed by atoms with Crippen LogP contribution < -0.4 is 0 Å². The van der Waals surface area contributed by atoms with E-state index in [1.165, 1.54) is 12.1 Å². The molecule has 1 saturated carbocycles. The maximum Gasteiger partial charge on any atom is 0.227 e. The Kier molecular flexibility index (Phi) is 4.57. The molecule has 2 aromatic rings. The predicted molar refractivity (Wildman–Crippen MR) is 87.8 cm³/mol. The molecule has 1 fully saturated rings. The summed E-state index contributed by atoms with van der Waals surface area (Å²) in [7, 11) is 0. The Morgan fingerprint density at radius 3 is 2.55 bits per heavy atom. The highest BCUT2D eigenvalue weighted by Crippen LogP contribution is 2.29. The van der Waals surface area contributed by atoms with Crippen LogP contribution in [0.2, 0.25) is 0 Å². The van der Waals surface area contributed by atoms with Crippen molar-refractivity contribution in [1.82, 2.24) is 4.90 Å². The van der Waals surface area contributed by atoms with E-state index in [2.05, 4.69) is 15.9 Å². The highest BCUT2D eigenvalue weighted by atomic mass is 79.9. The molecule has 0 aromatic heterocycles. The fourth-order valence-electron chi connectivity index (χ4n) is 2.56. The second-order valence-corrected chi connectivity index (χ2v) is 6.61. The zero-order valence-corrected chi connectivity index (χ0v) is 13.7. The van der Waals surface area contributed by atoms with Gasteiger partial charge in [-0.05, 0) is 48.2 Å². The van der Waals surface area contributed by atoms with Crippen LogP contribution in [0.3, 0.4) is 0 Å². The normalized spacial score (nSPS) is 13.9. The Morgan fingerprint density at radius 2 is 1.86 bits per heavy atom. The zero-order valence-electron chi connectivity index (χ0n) is 12.1. The predicted octanol–water partition coefficient (Wildman–Crippen LogP) is 4.32. The van der Waals surface area contributed by atoms with Crippen molar-refractivity contribution in [1.29, 1.82) is 0 Å². The molecule has 0 spiro atoms. The van der Waals surface area contributed by atoms with Crippen molar-refractivity contribution in [3.63, 3.8) is 0 Å². The molecule has 0 aliphatic heterocycles. The van der Waals surface area contributed by atoms with Crippen LogP contribution in [0.1, 0.15) is 24.0 Å². The van der Waals surface area contributed by atoms with Gasteiger partial charge in [-0.25, -0.2) is 4.39 Å². The van der Waals surface area contributed by atoms with Gasteiger partial charge in [-0.1, -0.05) is 40.2 Å². The van der Waals surface area contributed by atoms with E-state index in [-0.39, 0.29) is 18.1 Å². The van der Waals surface area contributed by atoms with Gasteiger partial charge in [-0.3, -0.25) is 4.79 Å². The molecule has 0 unspecified atom stereocenters. The van der Waals surface area contributed by atoms with Crippen molar-refractivity contribution < 1.29 is 9.18 Å². The summed E-state index contributed by atoms with van der Waals surface area (Å²) >= 11 is 3.46. The molecule has 2 nitrogen and oxygen atoms in total. The van der Waals surface area contributed by atoms with Crippen LogP contribution in [0.15, 0.2) is 53.0 Å². The molecule has 1 aliphatic carbocycles. The van der Waals surface area contributed by atoms with E-state index in [1.807, 2.05) is 29.2 Å². The number of benzene rings is 2. The average molecular weight is 362 g/mol. The zero-order chi connectivity index (χ0) is 15.5. The molecule has 0 N–H and O–H groups in total. The second-order valence-electron chi connectivity index (χ2n) is 5.69. The number of carbonyl (C=O) groups excluding carboxylic acids is 1. The van der Waals surface area contributed by atoms with Gasteiger partial charge in [-0.15, -0.1) is 0 Å². The van der Waals surface area contributed by atoms with Crippen LogP contribution in [0.25, 0.3) is 0 Å². The van der Waals surface area contributed by atoms with Crippen molar-refractivity contribution in [2.45, 2.75) is 31.8 Å². The lowest BCUT2D eigenvalue weighted by Gasteiger charge is -2.23. The number of halogens is 2. The average Bonchev–Trinajstić information content (AvgIpc) is 3.29. The molecule has 0 heterocycles. The molecule has 114 valence electrons. The standard InChI is InChI=1S/C18H17BrFNO/c19-15-5-1-4-14(9-15)12-21(17-7-8-17)18(22)11-13-3-2-6-16(20)10-13/h1-6,9-10,17H,7-8,11-12H2. The number of hydrogen-bond acceptors (Lipinski definition) is 1. The quantitative estimate of drug-likeness (QED) is 0.776. The van der Waals surface area contributed by atoms with E-state index in [1.54, 1.807) is 12.1 Å². The Hall–Kier alpha value is -1.68. The number of rotatable bonds is 5. The van der Waals surface area contributed by atoms with Crippen molar-refractivity contribution in [2.24, 2.45) is 0 Å². The van der Waals surface area contributed by atoms with E-state index in [9.17, 15) is 9.18 Å². The SMILES string of the molecule is O=C(Cc1cccc(F)c1)N(Cc1cccc(Br)c1)C1CC1. The van der Waals surface area contributed by atoms with E-state index in [0.717, 1.165) is 28.4 Å². The summed E-state index contributed by atoms with van der Waals surface area (Å²) in [6.45, 7) is 0.609. The summed E-state index contributed by atoms with van der Waals surface area (Å²) in [6, 6.07) is 14.6. The van der Waals surface area contributed by atoms with Crippen LogP contribution in [0.4, 0.5) is 4.39 Å². The fraction of sp³-hybridized carbons (Fsp3) is 0.278. The molecule has 0 atom stereocenters. The maximum absolute atomic E-state index is 13.3. The number of carbonyl (C=O) groups is 1. The van der Waals surface area contributed by atoms with Gasteiger partial charge >= 0.3 is 0 Å². The maximum atomic E-state index is 13.3. The molecule has 0 saturated heterocycles. The van der Waals surface area contributed by atoms with Crippen molar-refractivity contribution in [2.75, 3.05) is 0 Å². The second kappa shape index (κ2) is 6.61. The lowest BCUT2D eigenvalue weighted by Crippen LogP contribution is -2.33. The smallest absolute Gasteiger partial charge is 0.227 e. The molecular formula is C18H17BrFNO. The third-order valence-corrected chi connectivity index (χ3v) is 4.29. The third-order valence-electron chi connectivity index (χ3n) is 3.79. The minimum Gasteiger partial charge on any atom is -0.335 e. The minimum absolute atomic E-state index is 0.0630. The summed E-state index contributed by atoms with van der Waals surface area (Å²) in [6.07, 6.45) is 2.37. The molecule has 0 radical (unpaired) electrons. The van der Waals surface area contributed by atoms with Gasteiger partial charge in [0, 0.05) is 17.1 Å². The van der Waals surface area contributed by atoms with Crippen LogP contribution in [0.5, 0.6) is 0 Å². The van der Waals surface area contributed by atoms with Crippen LogP contribution in [0, 0.1) is 5.82 Å². The molecular weight excluding hydrogens is 345 g/mol. The Bertz CT molecular complexity index is 684. The molecule has 22 heavy (non-hydrogen) atoms. The molecule has 1 amide bonds. The lowest BCUT2D eigenvalue weighted by atomic mass is 10.1. The molecule has 2 aromatic carbocycles. The molecule has 1 aliphatic rings. The number of nitrogens with zero attached hydrogens (tertiary/aromatic N) is 1. The van der Waals surface area contributed by atoms with Crippen LogP contribution in [-0.4, -0.2) is 16.8 Å². The first-order valence-electron chi connectivity index (χ1n) is 7.40. The Balaban J connectivity index is 1.72. The number of hydrogen-bond donors (Lipinski definition) is 0. The lowest BCUT2D eigenvalue weighted by molar-refractivity contribution is -0.131. The van der Waals surface area contributed by atoms with Gasteiger partial charge in [0.25, 0.3) is 0 Å². The van der Waals surface area contributed by atoms with Gasteiger partial charge in [0.1, 0.15) is 5.82 Å². The van der Waals surface area contributed by atoms with Gasteiger partial charge in [0.15, 0.2) is 0 Å². The highest BCUT2D eigenvalue weighted by Gasteiger charge is 2.32. The van der Waals surface area contributed by atoms with Crippen molar-refractivity contribution >= 4 is 21.8 Å². The van der Waals surface area contributed by atoms with E-state index in [4.69, 9.17) is 0 Å². The van der Waals surface area contributed by atoms with Gasteiger partial charge < -0.3 is 4.90 Å². The van der Waals surface area contributed by atoms with Crippen LogP contribution in [-0.2, 0) is 17.8 Å². The van der Waals surface area contributed by atoms with E-state index >= 15 is 0 Å². The fourth-order valence-corrected chi connectivity index (χ4v) is 3.01. The first-order chi connectivity index (χ1) is 10.6. The summed E-state index contributed by atoms with van der Waals surface area (Å²) in [5.74, 6) is -0.233. The largest absolute Gasteiger partial charge is 0.335 e. The van der Waals surface area contributed by atoms with E-state index < -0.39 is 0 Å². The minimum atomic E-state index is -0.296. The number of amides is 1. The summed E-state index contributed by atoms with van der Waals surface area (Å²) in [5, 5.41) is 0. The topological polar surface area (TPSA) is 20.3 Å². The summed E-state index contributed by atoms with van der Waals surface area (Å²) in [4.78, 5) is 14.5. The Morgan fingerprint density at radius 1 is 1.14 bits per heavy atom. The third kappa shape index (κ3) is 3.95. The summed E-state index contributed by atoms with van der Waals surface area (Å²) < 4.78 is 14.3. The molecule has 0 bridgehead atoms. The van der Waals surface area contributed by atoms with Gasteiger partial charge in [0.2, 0.25) is 5.91 Å². The first kappa shape index (κ1) is 15.2.